The van der Waals surface area contributed by atoms with Crippen molar-refractivity contribution in [2.75, 3.05) is 22.9 Å². The van der Waals surface area contributed by atoms with Gasteiger partial charge in [-0.2, -0.15) is 0 Å². The van der Waals surface area contributed by atoms with Crippen LogP contribution in [-0.2, 0) is 4.79 Å². The Hall–Kier alpha value is -2.55. The average molecular weight is 320 g/mol. The second-order valence-electron chi connectivity index (χ2n) is 6.32. The number of carbonyl (C=O) groups is 1. The maximum Gasteiger partial charge on any atom is 0.251 e. The molecule has 0 aromatic heterocycles. The summed E-state index contributed by atoms with van der Waals surface area (Å²) in [5.41, 5.74) is 4.39. The monoisotopic (exact) mass is 320 g/mol. The zero-order chi connectivity index (χ0) is 17.1. The normalized spacial score (nSPS) is 17.2. The maximum absolute atomic E-state index is 12.8. The number of likely N-dealkylation sites (N-methyl/N-ethyl adjacent to an activating group) is 1. The molecule has 124 valence electrons. The molecule has 0 saturated heterocycles. The highest BCUT2D eigenvalue weighted by Gasteiger charge is 2.29. The molecule has 1 aliphatic rings. The third-order valence-electron chi connectivity index (χ3n) is 4.56. The van der Waals surface area contributed by atoms with Gasteiger partial charge < -0.3 is 9.80 Å². The Morgan fingerprint density at radius 1 is 1.12 bits per heavy atom. The Morgan fingerprint density at radius 2 is 1.79 bits per heavy atom. The third kappa shape index (κ3) is 3.21. The Balaban J connectivity index is 1.85. The minimum atomic E-state index is 0.0330. The van der Waals surface area contributed by atoms with Gasteiger partial charge in [0.1, 0.15) is 0 Å². The fourth-order valence-corrected chi connectivity index (χ4v) is 3.26. The third-order valence-corrected chi connectivity index (χ3v) is 4.56. The van der Waals surface area contributed by atoms with Crippen molar-refractivity contribution in [1.82, 2.24) is 0 Å². The Labute approximate surface area is 144 Å². The molecule has 1 heterocycles. The molecule has 2 aromatic carbocycles. The van der Waals surface area contributed by atoms with Crippen molar-refractivity contribution >= 4 is 23.4 Å². The van der Waals surface area contributed by atoms with Crippen LogP contribution in [0.25, 0.3) is 6.08 Å². The smallest absolute Gasteiger partial charge is 0.251 e. The highest BCUT2D eigenvalue weighted by molar-refractivity contribution is 6.06. The topological polar surface area (TPSA) is 23.6 Å². The van der Waals surface area contributed by atoms with E-state index in [2.05, 4.69) is 43.9 Å². The van der Waals surface area contributed by atoms with Crippen LogP contribution >= 0.6 is 0 Å². The number of nitrogens with zero attached hydrogens (tertiary/aromatic N) is 2. The van der Waals surface area contributed by atoms with Gasteiger partial charge in [-0.15, -0.1) is 0 Å². The number of carbonyl (C=O) groups excluding carboxylic acids is 1. The van der Waals surface area contributed by atoms with E-state index >= 15 is 0 Å². The van der Waals surface area contributed by atoms with Crippen molar-refractivity contribution in [2.24, 2.45) is 0 Å². The molecule has 2 aromatic rings. The Bertz CT molecular complexity index is 749. The van der Waals surface area contributed by atoms with E-state index in [1.54, 1.807) is 6.08 Å². The van der Waals surface area contributed by atoms with Crippen LogP contribution in [0.5, 0.6) is 0 Å². The van der Waals surface area contributed by atoms with Crippen molar-refractivity contribution in [3.8, 4) is 0 Å². The second kappa shape index (κ2) is 6.91. The van der Waals surface area contributed by atoms with Gasteiger partial charge in [-0.05, 0) is 44.5 Å². The predicted octanol–water partition coefficient (Wildman–Crippen LogP) is 4.27. The molecule has 24 heavy (non-hydrogen) atoms. The second-order valence-corrected chi connectivity index (χ2v) is 6.32. The molecule has 3 heteroatoms. The minimum absolute atomic E-state index is 0.0330. The summed E-state index contributed by atoms with van der Waals surface area (Å²) in [6.45, 7) is 8.04. The van der Waals surface area contributed by atoms with E-state index in [1.165, 1.54) is 5.56 Å². The van der Waals surface area contributed by atoms with Crippen molar-refractivity contribution in [3.05, 3.63) is 65.7 Å². The lowest BCUT2D eigenvalue weighted by molar-refractivity contribution is -0.114. The van der Waals surface area contributed by atoms with Crippen molar-refractivity contribution < 1.29 is 4.79 Å². The summed E-state index contributed by atoms with van der Waals surface area (Å²) in [4.78, 5) is 17.0. The molecule has 0 bridgehead atoms. The minimum Gasteiger partial charge on any atom is -0.366 e. The van der Waals surface area contributed by atoms with Crippen molar-refractivity contribution in [3.63, 3.8) is 0 Å². The fourth-order valence-electron chi connectivity index (χ4n) is 3.26. The zero-order valence-corrected chi connectivity index (χ0v) is 14.6. The van der Waals surface area contributed by atoms with Gasteiger partial charge >= 0.3 is 0 Å². The SMILES string of the molecule is CCN1c2ccccc2N(C(=O)/C=C/c2ccc(C)cc2)CC1C. The summed E-state index contributed by atoms with van der Waals surface area (Å²) in [6.07, 6.45) is 3.57. The fraction of sp³-hybridized carbons (Fsp3) is 0.286. The molecule has 0 radical (unpaired) electrons. The number of fused-ring (bicyclic) bond motifs is 1. The number of amides is 1. The van der Waals surface area contributed by atoms with E-state index in [9.17, 15) is 4.79 Å². The van der Waals surface area contributed by atoms with Gasteiger partial charge in [0.15, 0.2) is 0 Å². The van der Waals surface area contributed by atoms with Gasteiger partial charge in [0.05, 0.1) is 11.4 Å². The molecule has 0 aliphatic carbocycles. The number of aryl methyl sites for hydroxylation is 1. The highest BCUT2D eigenvalue weighted by Crippen LogP contribution is 2.35. The summed E-state index contributed by atoms with van der Waals surface area (Å²) >= 11 is 0. The quantitative estimate of drug-likeness (QED) is 0.789. The summed E-state index contributed by atoms with van der Waals surface area (Å²) < 4.78 is 0. The van der Waals surface area contributed by atoms with Crippen molar-refractivity contribution in [1.29, 1.82) is 0 Å². The lowest BCUT2D eigenvalue weighted by Crippen LogP contribution is -2.49. The molecule has 3 nitrogen and oxygen atoms in total. The number of rotatable bonds is 3. The van der Waals surface area contributed by atoms with Crippen LogP contribution in [0.1, 0.15) is 25.0 Å². The van der Waals surface area contributed by atoms with Crippen LogP contribution in [0.4, 0.5) is 11.4 Å². The molecule has 0 N–H and O–H groups in total. The molecule has 1 amide bonds. The van der Waals surface area contributed by atoms with Gasteiger partial charge in [-0.1, -0.05) is 42.0 Å². The molecule has 0 fully saturated rings. The van der Waals surface area contributed by atoms with Crippen LogP contribution in [0.15, 0.2) is 54.6 Å². The van der Waals surface area contributed by atoms with Gasteiger partial charge in [0.2, 0.25) is 0 Å². The number of para-hydroxylation sites is 2. The molecular weight excluding hydrogens is 296 g/mol. The number of hydrogen-bond donors (Lipinski definition) is 0. The highest BCUT2D eigenvalue weighted by atomic mass is 16.2. The largest absolute Gasteiger partial charge is 0.366 e. The number of anilines is 2. The molecule has 1 unspecified atom stereocenters. The molecule has 1 atom stereocenters. The molecule has 0 spiro atoms. The molecule has 1 aliphatic heterocycles. The first-order chi connectivity index (χ1) is 11.6. The van der Waals surface area contributed by atoms with Crippen LogP contribution < -0.4 is 9.80 Å². The first kappa shape index (κ1) is 16.3. The van der Waals surface area contributed by atoms with Crippen molar-refractivity contribution in [2.45, 2.75) is 26.8 Å². The standard InChI is InChI=1S/C21H24N2O/c1-4-22-17(3)15-23(20-8-6-5-7-19(20)22)21(24)14-13-18-11-9-16(2)10-12-18/h5-14,17H,4,15H2,1-3H3/b14-13+. The molecular formula is C21H24N2O. The lowest BCUT2D eigenvalue weighted by Gasteiger charge is -2.41. The van der Waals surface area contributed by atoms with E-state index in [0.717, 1.165) is 23.5 Å². The zero-order valence-electron chi connectivity index (χ0n) is 14.6. The van der Waals surface area contributed by atoms with E-state index in [-0.39, 0.29) is 5.91 Å². The summed E-state index contributed by atoms with van der Waals surface area (Å²) in [6, 6.07) is 16.6. The first-order valence-electron chi connectivity index (χ1n) is 8.52. The van der Waals surface area contributed by atoms with Gasteiger partial charge in [-0.25, -0.2) is 0 Å². The lowest BCUT2D eigenvalue weighted by atomic mass is 10.1. The van der Waals surface area contributed by atoms with E-state index in [1.807, 2.05) is 41.3 Å². The van der Waals surface area contributed by atoms with Gasteiger partial charge in [0, 0.05) is 25.2 Å². The summed E-state index contributed by atoms with van der Waals surface area (Å²) in [5.74, 6) is 0.0330. The van der Waals surface area contributed by atoms with E-state index in [0.29, 0.717) is 12.6 Å². The van der Waals surface area contributed by atoms with Crippen LogP contribution in [-0.4, -0.2) is 25.0 Å². The molecule has 0 saturated carbocycles. The average Bonchev–Trinajstić information content (AvgIpc) is 2.60. The summed E-state index contributed by atoms with van der Waals surface area (Å²) in [7, 11) is 0. The Kier molecular flexibility index (Phi) is 4.70. The van der Waals surface area contributed by atoms with Crippen LogP contribution in [0, 0.1) is 6.92 Å². The van der Waals surface area contributed by atoms with Crippen LogP contribution in [0.2, 0.25) is 0 Å². The van der Waals surface area contributed by atoms with Gasteiger partial charge in [0.25, 0.3) is 5.91 Å². The van der Waals surface area contributed by atoms with Gasteiger partial charge in [-0.3, -0.25) is 4.79 Å². The van der Waals surface area contributed by atoms with Crippen LogP contribution in [0.3, 0.4) is 0 Å². The molecule has 3 rings (SSSR count). The van der Waals surface area contributed by atoms with E-state index < -0.39 is 0 Å². The number of hydrogen-bond acceptors (Lipinski definition) is 2. The first-order valence-corrected chi connectivity index (χ1v) is 8.52. The Morgan fingerprint density at radius 3 is 2.46 bits per heavy atom. The van der Waals surface area contributed by atoms with E-state index in [4.69, 9.17) is 0 Å². The predicted molar refractivity (Wildman–Crippen MR) is 101 cm³/mol. The number of benzene rings is 2. The summed E-state index contributed by atoms with van der Waals surface area (Å²) in [5, 5.41) is 0. The maximum atomic E-state index is 12.8.